The summed E-state index contributed by atoms with van der Waals surface area (Å²) in [5.41, 5.74) is 5.14. The van der Waals surface area contributed by atoms with Crippen molar-refractivity contribution in [1.29, 1.82) is 0 Å². The number of aryl methyl sites for hydroxylation is 2. The third-order valence-electron chi connectivity index (χ3n) is 5.45. The zero-order valence-electron chi connectivity index (χ0n) is 16.8. The van der Waals surface area contributed by atoms with Crippen molar-refractivity contribution < 1.29 is 4.79 Å². The minimum atomic E-state index is 0.100. The van der Waals surface area contributed by atoms with E-state index in [0.29, 0.717) is 6.42 Å². The number of carbonyl (C=O) groups excluding carboxylic acids is 1. The Hall–Kier alpha value is -2.89. The predicted molar refractivity (Wildman–Crippen MR) is 110 cm³/mol. The Morgan fingerprint density at radius 2 is 1.96 bits per heavy atom. The first kappa shape index (κ1) is 18.5. The van der Waals surface area contributed by atoms with Crippen molar-refractivity contribution in [3.8, 4) is 22.5 Å². The van der Waals surface area contributed by atoms with Crippen LogP contribution in [-0.2, 0) is 11.3 Å². The standard InChI is InChI=1S/C22H27N5O/c1-4-11-25-13-18(12-20(25)28)27-15-23-21(17-9-7-6-8-10-17)22(27)19-14-26(5-2)24-16(19)3/h6-10,14-15,18H,4-5,11-13H2,1-3H3/t18-/m0/s1. The van der Waals surface area contributed by atoms with Crippen molar-refractivity contribution in [3.05, 3.63) is 48.5 Å². The summed E-state index contributed by atoms with van der Waals surface area (Å²) in [7, 11) is 0. The average molecular weight is 377 g/mol. The number of benzene rings is 1. The summed E-state index contributed by atoms with van der Waals surface area (Å²) in [6.45, 7) is 8.62. The molecule has 1 atom stereocenters. The minimum absolute atomic E-state index is 0.100. The highest BCUT2D eigenvalue weighted by molar-refractivity contribution is 5.81. The van der Waals surface area contributed by atoms with E-state index in [9.17, 15) is 4.79 Å². The minimum Gasteiger partial charge on any atom is -0.341 e. The second kappa shape index (κ2) is 7.62. The van der Waals surface area contributed by atoms with Crippen LogP contribution in [0.2, 0.25) is 0 Å². The SMILES string of the molecule is CCCN1C[C@@H](n2cnc(-c3ccccc3)c2-c2cn(CC)nc2C)CC1=O. The lowest BCUT2D eigenvalue weighted by Gasteiger charge is -2.18. The summed E-state index contributed by atoms with van der Waals surface area (Å²) in [5.74, 6) is 0.230. The van der Waals surface area contributed by atoms with Gasteiger partial charge < -0.3 is 9.47 Å². The van der Waals surface area contributed by atoms with Crippen LogP contribution in [0.4, 0.5) is 0 Å². The lowest BCUT2D eigenvalue weighted by Crippen LogP contribution is -2.26. The van der Waals surface area contributed by atoms with Crippen LogP contribution in [0.25, 0.3) is 22.5 Å². The molecule has 4 rings (SSSR count). The normalized spacial score (nSPS) is 16.9. The average Bonchev–Trinajstić information content (AvgIpc) is 3.39. The molecule has 0 unspecified atom stereocenters. The number of likely N-dealkylation sites (tertiary alicyclic amines) is 1. The third kappa shape index (κ3) is 3.23. The summed E-state index contributed by atoms with van der Waals surface area (Å²) in [6.07, 6.45) is 5.50. The van der Waals surface area contributed by atoms with E-state index in [1.54, 1.807) is 0 Å². The van der Waals surface area contributed by atoms with E-state index in [2.05, 4.69) is 41.8 Å². The number of carbonyl (C=O) groups is 1. The van der Waals surface area contributed by atoms with E-state index in [4.69, 9.17) is 4.98 Å². The van der Waals surface area contributed by atoms with Crippen LogP contribution >= 0.6 is 0 Å². The molecule has 1 fully saturated rings. The first-order valence-electron chi connectivity index (χ1n) is 10.1. The van der Waals surface area contributed by atoms with Crippen LogP contribution in [0.15, 0.2) is 42.9 Å². The largest absolute Gasteiger partial charge is 0.341 e. The quantitative estimate of drug-likeness (QED) is 0.654. The number of imidazole rings is 1. The molecule has 3 aromatic rings. The fourth-order valence-electron chi connectivity index (χ4n) is 4.05. The topological polar surface area (TPSA) is 56.0 Å². The van der Waals surface area contributed by atoms with Crippen molar-refractivity contribution in [2.45, 2.75) is 46.2 Å². The molecule has 1 aromatic carbocycles. The fraction of sp³-hybridized carbons (Fsp3) is 0.409. The molecule has 1 aliphatic rings. The van der Waals surface area contributed by atoms with Gasteiger partial charge in [0, 0.05) is 43.4 Å². The lowest BCUT2D eigenvalue weighted by molar-refractivity contribution is -0.127. The van der Waals surface area contributed by atoms with Gasteiger partial charge in [-0.1, -0.05) is 37.3 Å². The van der Waals surface area contributed by atoms with Crippen LogP contribution in [-0.4, -0.2) is 43.2 Å². The fourth-order valence-corrected chi connectivity index (χ4v) is 4.05. The Bertz CT molecular complexity index is 972. The Balaban J connectivity index is 1.83. The van der Waals surface area contributed by atoms with Crippen molar-refractivity contribution in [3.63, 3.8) is 0 Å². The zero-order chi connectivity index (χ0) is 19.7. The van der Waals surface area contributed by atoms with E-state index in [1.165, 1.54) is 0 Å². The molecule has 0 spiro atoms. The summed E-state index contributed by atoms with van der Waals surface area (Å²) in [4.78, 5) is 19.2. The predicted octanol–water partition coefficient (Wildman–Crippen LogP) is 3.93. The molecule has 1 saturated heterocycles. The van der Waals surface area contributed by atoms with Gasteiger partial charge in [0.25, 0.3) is 0 Å². The van der Waals surface area contributed by atoms with Crippen molar-refractivity contribution in [2.24, 2.45) is 0 Å². The number of hydrogen-bond donors (Lipinski definition) is 0. The van der Waals surface area contributed by atoms with Gasteiger partial charge in [0.1, 0.15) is 0 Å². The van der Waals surface area contributed by atoms with E-state index in [1.807, 2.05) is 41.0 Å². The molecule has 28 heavy (non-hydrogen) atoms. The molecule has 0 saturated carbocycles. The molecule has 1 aliphatic heterocycles. The Morgan fingerprint density at radius 3 is 2.64 bits per heavy atom. The van der Waals surface area contributed by atoms with Gasteiger partial charge in [-0.05, 0) is 20.3 Å². The van der Waals surface area contributed by atoms with Gasteiger partial charge in [-0.25, -0.2) is 4.98 Å². The molecule has 146 valence electrons. The van der Waals surface area contributed by atoms with Crippen molar-refractivity contribution >= 4 is 5.91 Å². The maximum absolute atomic E-state index is 12.5. The first-order chi connectivity index (χ1) is 13.6. The number of nitrogens with zero attached hydrogens (tertiary/aromatic N) is 5. The molecule has 2 aromatic heterocycles. The lowest BCUT2D eigenvalue weighted by atomic mass is 10.0. The van der Waals surface area contributed by atoms with Gasteiger partial charge >= 0.3 is 0 Å². The number of hydrogen-bond acceptors (Lipinski definition) is 3. The van der Waals surface area contributed by atoms with Crippen LogP contribution in [0.1, 0.15) is 38.4 Å². The number of aromatic nitrogens is 4. The Labute approximate surface area is 165 Å². The van der Waals surface area contributed by atoms with Gasteiger partial charge in [-0.2, -0.15) is 5.10 Å². The van der Waals surface area contributed by atoms with E-state index in [-0.39, 0.29) is 11.9 Å². The second-order valence-corrected chi connectivity index (χ2v) is 7.40. The molecule has 0 N–H and O–H groups in total. The molecular formula is C22H27N5O. The molecule has 3 heterocycles. The van der Waals surface area contributed by atoms with E-state index >= 15 is 0 Å². The highest BCUT2D eigenvalue weighted by atomic mass is 16.2. The monoisotopic (exact) mass is 377 g/mol. The van der Waals surface area contributed by atoms with Crippen molar-refractivity contribution in [2.75, 3.05) is 13.1 Å². The van der Waals surface area contributed by atoms with Crippen LogP contribution in [0, 0.1) is 6.92 Å². The van der Waals surface area contributed by atoms with Crippen LogP contribution in [0.5, 0.6) is 0 Å². The van der Waals surface area contributed by atoms with Gasteiger partial charge in [0.05, 0.1) is 29.5 Å². The highest BCUT2D eigenvalue weighted by Gasteiger charge is 2.33. The Kier molecular flexibility index (Phi) is 5.03. The molecule has 0 bridgehead atoms. The zero-order valence-corrected chi connectivity index (χ0v) is 16.8. The second-order valence-electron chi connectivity index (χ2n) is 7.40. The van der Waals surface area contributed by atoms with Gasteiger partial charge in [0.2, 0.25) is 5.91 Å². The van der Waals surface area contributed by atoms with E-state index < -0.39 is 0 Å². The maximum atomic E-state index is 12.5. The Morgan fingerprint density at radius 1 is 1.18 bits per heavy atom. The summed E-state index contributed by atoms with van der Waals surface area (Å²) >= 11 is 0. The third-order valence-corrected chi connectivity index (χ3v) is 5.45. The number of rotatable bonds is 6. The number of amides is 1. The van der Waals surface area contributed by atoms with E-state index in [0.717, 1.165) is 54.3 Å². The van der Waals surface area contributed by atoms with Crippen molar-refractivity contribution in [1.82, 2.24) is 24.2 Å². The summed E-state index contributed by atoms with van der Waals surface area (Å²) in [5, 5.41) is 4.65. The van der Waals surface area contributed by atoms with Gasteiger partial charge in [-0.15, -0.1) is 0 Å². The van der Waals surface area contributed by atoms with Gasteiger partial charge in [0.15, 0.2) is 0 Å². The van der Waals surface area contributed by atoms with Crippen LogP contribution in [0.3, 0.4) is 0 Å². The molecule has 0 aliphatic carbocycles. The highest BCUT2D eigenvalue weighted by Crippen LogP contribution is 2.37. The van der Waals surface area contributed by atoms with Gasteiger partial charge in [-0.3, -0.25) is 9.48 Å². The molecule has 6 heteroatoms. The molecular weight excluding hydrogens is 350 g/mol. The smallest absolute Gasteiger partial charge is 0.224 e. The molecule has 0 radical (unpaired) electrons. The first-order valence-corrected chi connectivity index (χ1v) is 10.1. The maximum Gasteiger partial charge on any atom is 0.224 e. The summed E-state index contributed by atoms with van der Waals surface area (Å²) < 4.78 is 4.15. The molecule has 6 nitrogen and oxygen atoms in total. The molecule has 1 amide bonds. The van der Waals surface area contributed by atoms with Crippen LogP contribution < -0.4 is 0 Å². The summed E-state index contributed by atoms with van der Waals surface area (Å²) in [6, 6.07) is 10.3.